The Kier molecular flexibility index (Phi) is 8.46. The largest absolute Gasteiger partial charge is 0.493 e. The number of benzene rings is 3. The van der Waals surface area contributed by atoms with Crippen molar-refractivity contribution < 1.29 is 31.7 Å². The fourth-order valence-electron chi connectivity index (χ4n) is 3.30. The number of nitrogens with one attached hydrogen (secondary N) is 1. The van der Waals surface area contributed by atoms with Crippen molar-refractivity contribution in [3.63, 3.8) is 0 Å². The summed E-state index contributed by atoms with van der Waals surface area (Å²) in [5.74, 6) is -1.17. The van der Waals surface area contributed by atoms with Crippen molar-refractivity contribution in [1.29, 1.82) is 0 Å². The summed E-state index contributed by atoms with van der Waals surface area (Å²) in [6, 6.07) is 16.8. The van der Waals surface area contributed by atoms with Gasteiger partial charge in [-0.25, -0.2) is 0 Å². The number of methoxy groups -OCH3 is 1. The van der Waals surface area contributed by atoms with Crippen LogP contribution in [0, 0.1) is 0 Å². The SMILES string of the molecule is COc1cc(/C=C2\SC(=O)N(CC(=O)Nc3ccc(Br)c(Cl)c3)C2=O)ccc1OS(=O)(=O)c1ccccc1. The Hall–Kier alpha value is -3.32. The van der Waals surface area contributed by atoms with Crippen molar-refractivity contribution in [2.75, 3.05) is 19.0 Å². The lowest BCUT2D eigenvalue weighted by atomic mass is 10.2. The summed E-state index contributed by atoms with van der Waals surface area (Å²) in [4.78, 5) is 38.6. The number of imide groups is 1. The van der Waals surface area contributed by atoms with Crippen LogP contribution in [0.2, 0.25) is 5.02 Å². The molecule has 1 heterocycles. The molecule has 0 unspecified atom stereocenters. The molecule has 196 valence electrons. The smallest absolute Gasteiger partial charge is 0.339 e. The van der Waals surface area contributed by atoms with Gasteiger partial charge in [0.05, 0.1) is 17.0 Å². The first-order chi connectivity index (χ1) is 18.1. The molecular weight excluding hydrogens is 620 g/mol. The van der Waals surface area contributed by atoms with Crippen molar-refractivity contribution in [1.82, 2.24) is 4.90 Å². The van der Waals surface area contributed by atoms with Crippen LogP contribution in [0.15, 0.2) is 81.0 Å². The molecule has 1 aliphatic rings. The van der Waals surface area contributed by atoms with Crippen LogP contribution in [0.3, 0.4) is 0 Å². The van der Waals surface area contributed by atoms with E-state index >= 15 is 0 Å². The maximum absolute atomic E-state index is 12.8. The van der Waals surface area contributed by atoms with Crippen molar-refractivity contribution in [3.05, 3.63) is 86.7 Å². The minimum absolute atomic E-state index is 0.0212. The first-order valence-electron chi connectivity index (χ1n) is 10.8. The molecule has 0 atom stereocenters. The van der Waals surface area contributed by atoms with Crippen LogP contribution in [0.25, 0.3) is 6.08 Å². The van der Waals surface area contributed by atoms with E-state index in [1.165, 1.54) is 49.6 Å². The highest BCUT2D eigenvalue weighted by atomic mass is 79.9. The molecule has 4 rings (SSSR count). The van der Waals surface area contributed by atoms with Gasteiger partial charge in [-0.3, -0.25) is 19.3 Å². The summed E-state index contributed by atoms with van der Waals surface area (Å²) in [7, 11) is -2.76. The third-order valence-corrected chi connectivity index (χ3v) is 8.48. The van der Waals surface area contributed by atoms with Gasteiger partial charge in [-0.2, -0.15) is 8.42 Å². The van der Waals surface area contributed by atoms with Crippen molar-refractivity contribution in [3.8, 4) is 11.5 Å². The summed E-state index contributed by atoms with van der Waals surface area (Å²) >= 11 is 9.96. The molecule has 0 radical (unpaired) electrons. The monoisotopic (exact) mass is 636 g/mol. The number of thioether (sulfide) groups is 1. The van der Waals surface area contributed by atoms with E-state index in [4.69, 9.17) is 20.5 Å². The summed E-state index contributed by atoms with van der Waals surface area (Å²) in [5.41, 5.74) is 0.861. The van der Waals surface area contributed by atoms with E-state index in [1.54, 1.807) is 30.3 Å². The number of anilines is 1. The van der Waals surface area contributed by atoms with Crippen LogP contribution in [-0.4, -0.2) is 44.0 Å². The van der Waals surface area contributed by atoms with E-state index in [0.717, 1.165) is 4.90 Å². The number of halogens is 2. The summed E-state index contributed by atoms with van der Waals surface area (Å²) in [6.45, 7) is -0.483. The van der Waals surface area contributed by atoms with Crippen molar-refractivity contribution >= 4 is 78.2 Å². The maximum atomic E-state index is 12.8. The number of carbonyl (C=O) groups is 3. The molecule has 13 heteroatoms. The van der Waals surface area contributed by atoms with Gasteiger partial charge in [-0.15, -0.1) is 0 Å². The fourth-order valence-corrected chi connectivity index (χ4v) is 5.53. The highest BCUT2D eigenvalue weighted by Crippen LogP contribution is 2.35. The zero-order chi connectivity index (χ0) is 27.4. The van der Waals surface area contributed by atoms with Gasteiger partial charge < -0.3 is 14.2 Å². The number of hydrogen-bond acceptors (Lipinski definition) is 8. The maximum Gasteiger partial charge on any atom is 0.339 e. The third kappa shape index (κ3) is 6.38. The van der Waals surface area contributed by atoms with Gasteiger partial charge in [0.2, 0.25) is 5.91 Å². The number of hydrogen-bond donors (Lipinski definition) is 1. The van der Waals surface area contributed by atoms with Gasteiger partial charge in [0, 0.05) is 10.2 Å². The first kappa shape index (κ1) is 27.7. The Balaban J connectivity index is 1.48. The molecule has 0 bridgehead atoms. The Morgan fingerprint density at radius 3 is 2.50 bits per heavy atom. The first-order valence-corrected chi connectivity index (χ1v) is 14.1. The molecule has 9 nitrogen and oxygen atoms in total. The molecule has 3 aromatic carbocycles. The predicted molar refractivity (Wildman–Crippen MR) is 148 cm³/mol. The van der Waals surface area contributed by atoms with Crippen LogP contribution < -0.4 is 14.2 Å². The van der Waals surface area contributed by atoms with E-state index in [0.29, 0.717) is 32.5 Å². The zero-order valence-electron chi connectivity index (χ0n) is 19.5. The lowest BCUT2D eigenvalue weighted by Gasteiger charge is -2.13. The minimum Gasteiger partial charge on any atom is -0.493 e. The predicted octanol–water partition coefficient (Wildman–Crippen LogP) is 5.55. The molecule has 3 aromatic rings. The summed E-state index contributed by atoms with van der Waals surface area (Å²) in [5, 5.41) is 2.38. The fraction of sp³-hybridized carbons (Fsp3) is 0.0800. The third-order valence-electron chi connectivity index (χ3n) is 5.10. The van der Waals surface area contributed by atoms with E-state index in [-0.39, 0.29) is 21.3 Å². The minimum atomic E-state index is -4.10. The van der Waals surface area contributed by atoms with Gasteiger partial charge in [0.1, 0.15) is 11.4 Å². The molecule has 1 aliphatic heterocycles. The number of ether oxygens (including phenoxy) is 1. The topological polar surface area (TPSA) is 119 Å². The number of rotatable bonds is 8. The van der Waals surface area contributed by atoms with E-state index in [9.17, 15) is 22.8 Å². The molecule has 0 saturated carbocycles. The second-order valence-corrected chi connectivity index (χ2v) is 11.5. The number of nitrogens with zero attached hydrogens (tertiary/aromatic N) is 1. The lowest BCUT2D eigenvalue weighted by molar-refractivity contribution is -0.127. The van der Waals surface area contributed by atoms with Crippen LogP contribution in [0.5, 0.6) is 11.5 Å². The zero-order valence-corrected chi connectivity index (χ0v) is 23.5. The second kappa shape index (κ2) is 11.6. The Morgan fingerprint density at radius 1 is 1.08 bits per heavy atom. The summed E-state index contributed by atoms with van der Waals surface area (Å²) in [6.07, 6.45) is 1.44. The molecule has 1 N–H and O–H groups in total. The molecular formula is C25H18BrClN2O7S2. The second-order valence-electron chi connectivity index (χ2n) is 7.71. The van der Waals surface area contributed by atoms with Gasteiger partial charge in [0.15, 0.2) is 11.5 Å². The highest BCUT2D eigenvalue weighted by molar-refractivity contribution is 9.10. The van der Waals surface area contributed by atoms with E-state index in [2.05, 4.69) is 21.2 Å². The van der Waals surface area contributed by atoms with Crippen molar-refractivity contribution in [2.24, 2.45) is 0 Å². The average molecular weight is 638 g/mol. The van der Waals surface area contributed by atoms with E-state index in [1.807, 2.05) is 0 Å². The van der Waals surface area contributed by atoms with Crippen LogP contribution in [-0.2, 0) is 19.7 Å². The van der Waals surface area contributed by atoms with Crippen LogP contribution >= 0.6 is 39.3 Å². The van der Waals surface area contributed by atoms with Crippen LogP contribution in [0.1, 0.15) is 5.56 Å². The average Bonchev–Trinajstić information content (AvgIpc) is 3.14. The Bertz CT molecular complexity index is 1560. The quantitative estimate of drug-likeness (QED) is 0.252. The Labute approximate surface area is 236 Å². The molecule has 38 heavy (non-hydrogen) atoms. The molecule has 1 fully saturated rings. The number of amides is 3. The molecule has 3 amide bonds. The van der Waals surface area contributed by atoms with Gasteiger partial charge in [-0.05, 0) is 81.8 Å². The van der Waals surface area contributed by atoms with Crippen LogP contribution in [0.4, 0.5) is 10.5 Å². The number of carbonyl (C=O) groups excluding carboxylic acids is 3. The molecule has 0 spiro atoms. The van der Waals surface area contributed by atoms with E-state index < -0.39 is 33.7 Å². The van der Waals surface area contributed by atoms with Gasteiger partial charge in [-0.1, -0.05) is 35.9 Å². The lowest BCUT2D eigenvalue weighted by Crippen LogP contribution is -2.36. The molecule has 1 saturated heterocycles. The molecule has 0 aliphatic carbocycles. The highest BCUT2D eigenvalue weighted by Gasteiger charge is 2.36. The van der Waals surface area contributed by atoms with Crippen molar-refractivity contribution in [2.45, 2.75) is 4.90 Å². The Morgan fingerprint density at radius 2 is 1.82 bits per heavy atom. The van der Waals surface area contributed by atoms with Gasteiger partial charge >= 0.3 is 10.1 Å². The normalized spacial score (nSPS) is 14.6. The molecule has 0 aromatic heterocycles. The van der Waals surface area contributed by atoms with Gasteiger partial charge in [0.25, 0.3) is 11.1 Å². The summed E-state index contributed by atoms with van der Waals surface area (Å²) < 4.78 is 36.3. The standard InChI is InChI=1S/C25H18BrClN2O7S2/c1-35-21-11-15(7-10-20(21)36-38(33,34)17-5-3-2-4-6-17)12-22-24(31)29(25(32)37-22)14-23(30)28-16-8-9-18(26)19(27)13-16/h2-13H,14H2,1H3,(H,28,30)/b22-12-.